The molecule has 6 nitrogen and oxygen atoms in total. The van der Waals surface area contributed by atoms with Crippen LogP contribution in [0, 0.1) is 0 Å². The second-order valence-electron chi connectivity index (χ2n) is 5.50. The van der Waals surface area contributed by atoms with Crippen molar-refractivity contribution in [2.45, 2.75) is 0 Å². The fourth-order valence-electron chi connectivity index (χ4n) is 2.25. The molecule has 3 rings (SSSR count). The summed E-state index contributed by atoms with van der Waals surface area (Å²) in [6.07, 6.45) is 0. The average Bonchev–Trinajstić information content (AvgIpc) is 3.39. The minimum atomic E-state index is -0.239. The third-order valence-electron chi connectivity index (χ3n) is 3.59. The second-order valence-corrected chi connectivity index (χ2v) is 7.39. The highest BCUT2D eigenvalue weighted by Gasteiger charge is 2.09. The van der Waals surface area contributed by atoms with Crippen molar-refractivity contribution in [1.82, 2.24) is 10.6 Å². The van der Waals surface area contributed by atoms with Gasteiger partial charge in [0.05, 0.1) is 9.75 Å². The Hall–Kier alpha value is -2.97. The van der Waals surface area contributed by atoms with Crippen molar-refractivity contribution in [3.05, 3.63) is 74.6 Å². The molecule has 0 radical (unpaired) electrons. The normalized spacial score (nSPS) is 10.2. The maximum Gasteiger partial charge on any atom is 0.265 e. The van der Waals surface area contributed by atoms with Crippen LogP contribution in [0.3, 0.4) is 0 Å². The molecule has 3 amide bonds. The number of anilines is 1. The van der Waals surface area contributed by atoms with E-state index in [1.54, 1.807) is 36.4 Å². The Labute approximate surface area is 164 Å². The van der Waals surface area contributed by atoms with Crippen LogP contribution < -0.4 is 16.0 Å². The molecule has 0 unspecified atom stereocenters. The standard InChI is InChI=1S/C19H17N3O3S2/c23-17(20-9-10-21-18(24)15-3-1-11-26-15)13-5-7-14(8-6-13)22-19(25)16-4-2-12-27-16/h1-8,11-12H,9-10H2,(H,20,23)(H,21,24)(H,22,25). The molecule has 0 spiro atoms. The van der Waals surface area contributed by atoms with Gasteiger partial charge in [-0.15, -0.1) is 22.7 Å². The molecule has 0 saturated carbocycles. The van der Waals surface area contributed by atoms with Crippen molar-refractivity contribution >= 4 is 46.1 Å². The van der Waals surface area contributed by atoms with Crippen molar-refractivity contribution in [2.24, 2.45) is 0 Å². The fourth-order valence-corrected chi connectivity index (χ4v) is 3.51. The second kappa shape index (κ2) is 9.11. The first-order valence-corrected chi connectivity index (χ1v) is 9.94. The molecule has 2 heterocycles. The van der Waals surface area contributed by atoms with E-state index in [2.05, 4.69) is 16.0 Å². The molecule has 2 aromatic heterocycles. The van der Waals surface area contributed by atoms with Crippen LogP contribution in [0.25, 0.3) is 0 Å². The highest BCUT2D eigenvalue weighted by Crippen LogP contribution is 2.14. The van der Waals surface area contributed by atoms with Gasteiger partial charge in [-0.2, -0.15) is 0 Å². The molecule has 1 aromatic carbocycles. The minimum absolute atomic E-state index is 0.148. The summed E-state index contributed by atoms with van der Waals surface area (Å²) in [5.74, 6) is -0.565. The molecule has 27 heavy (non-hydrogen) atoms. The van der Waals surface area contributed by atoms with E-state index < -0.39 is 0 Å². The van der Waals surface area contributed by atoms with Gasteiger partial charge in [-0.05, 0) is 47.2 Å². The Balaban J connectivity index is 1.43. The maximum absolute atomic E-state index is 12.1. The SMILES string of the molecule is O=C(NCCNC(=O)c1cccs1)c1ccc(NC(=O)c2cccs2)cc1. The Kier molecular flexibility index (Phi) is 6.35. The molecule has 0 aliphatic heterocycles. The first-order chi connectivity index (χ1) is 13.1. The lowest BCUT2D eigenvalue weighted by Gasteiger charge is -2.08. The van der Waals surface area contributed by atoms with E-state index in [0.717, 1.165) is 0 Å². The van der Waals surface area contributed by atoms with Gasteiger partial charge in [0.25, 0.3) is 17.7 Å². The first kappa shape index (κ1) is 18.8. The van der Waals surface area contributed by atoms with Gasteiger partial charge in [0.2, 0.25) is 0 Å². The molecular weight excluding hydrogens is 382 g/mol. The van der Waals surface area contributed by atoms with Crippen molar-refractivity contribution in [3.8, 4) is 0 Å². The number of amides is 3. The number of thiophene rings is 2. The predicted octanol–water partition coefficient (Wildman–Crippen LogP) is 3.22. The number of benzene rings is 1. The van der Waals surface area contributed by atoms with E-state index >= 15 is 0 Å². The zero-order valence-electron chi connectivity index (χ0n) is 14.2. The summed E-state index contributed by atoms with van der Waals surface area (Å²) < 4.78 is 0. The molecule has 8 heteroatoms. The quantitative estimate of drug-likeness (QED) is 0.533. The molecule has 0 fully saturated rings. The van der Waals surface area contributed by atoms with Gasteiger partial charge in [-0.1, -0.05) is 12.1 Å². The molecule has 0 aliphatic rings. The predicted molar refractivity (Wildman–Crippen MR) is 108 cm³/mol. The first-order valence-electron chi connectivity index (χ1n) is 8.18. The molecule has 0 bridgehead atoms. The number of rotatable bonds is 7. The Bertz CT molecular complexity index is 904. The zero-order chi connectivity index (χ0) is 19.1. The van der Waals surface area contributed by atoms with E-state index in [0.29, 0.717) is 34.1 Å². The van der Waals surface area contributed by atoms with Gasteiger partial charge < -0.3 is 16.0 Å². The third kappa shape index (κ3) is 5.25. The summed E-state index contributed by atoms with van der Waals surface area (Å²) in [6.45, 7) is 0.671. The minimum Gasteiger partial charge on any atom is -0.350 e. The van der Waals surface area contributed by atoms with Gasteiger partial charge in [-0.25, -0.2) is 0 Å². The van der Waals surface area contributed by atoms with Crippen LogP contribution in [0.5, 0.6) is 0 Å². The van der Waals surface area contributed by atoms with Gasteiger partial charge >= 0.3 is 0 Å². The van der Waals surface area contributed by atoms with Gasteiger partial charge in [-0.3, -0.25) is 14.4 Å². The summed E-state index contributed by atoms with van der Waals surface area (Å²) in [7, 11) is 0. The number of hydrogen-bond acceptors (Lipinski definition) is 5. The summed E-state index contributed by atoms with van der Waals surface area (Å²) in [6, 6.07) is 13.8. The Morgan fingerprint density at radius 3 is 1.81 bits per heavy atom. The summed E-state index contributed by atoms with van der Waals surface area (Å²) in [5.41, 5.74) is 1.10. The van der Waals surface area contributed by atoms with Crippen molar-refractivity contribution in [1.29, 1.82) is 0 Å². The largest absolute Gasteiger partial charge is 0.350 e. The highest BCUT2D eigenvalue weighted by atomic mass is 32.1. The summed E-state index contributed by atoms with van der Waals surface area (Å²) in [4.78, 5) is 37.2. The average molecular weight is 399 g/mol. The van der Waals surface area contributed by atoms with Crippen molar-refractivity contribution in [2.75, 3.05) is 18.4 Å². The Morgan fingerprint density at radius 1 is 0.704 bits per heavy atom. The fraction of sp³-hybridized carbons (Fsp3) is 0.105. The van der Waals surface area contributed by atoms with Crippen LogP contribution in [-0.2, 0) is 0 Å². The number of hydrogen-bond donors (Lipinski definition) is 3. The van der Waals surface area contributed by atoms with Crippen molar-refractivity contribution < 1.29 is 14.4 Å². The molecule has 3 N–H and O–H groups in total. The van der Waals surface area contributed by atoms with Crippen LogP contribution in [0.4, 0.5) is 5.69 Å². The van der Waals surface area contributed by atoms with Crippen LogP contribution >= 0.6 is 22.7 Å². The highest BCUT2D eigenvalue weighted by molar-refractivity contribution is 7.12. The molecular formula is C19H17N3O3S2. The van der Waals surface area contributed by atoms with Gasteiger partial charge in [0.1, 0.15) is 0 Å². The summed E-state index contributed by atoms with van der Waals surface area (Å²) >= 11 is 2.73. The number of carbonyl (C=O) groups is 3. The number of nitrogens with one attached hydrogen (secondary N) is 3. The molecule has 138 valence electrons. The monoisotopic (exact) mass is 399 g/mol. The van der Waals surface area contributed by atoms with Crippen LogP contribution in [0.1, 0.15) is 29.7 Å². The lowest BCUT2D eigenvalue weighted by atomic mass is 10.2. The molecule has 0 saturated heterocycles. The lowest BCUT2D eigenvalue weighted by Crippen LogP contribution is -2.34. The molecule has 0 aliphatic carbocycles. The third-order valence-corrected chi connectivity index (χ3v) is 5.33. The van der Waals surface area contributed by atoms with Crippen LogP contribution in [0.2, 0.25) is 0 Å². The zero-order valence-corrected chi connectivity index (χ0v) is 15.9. The van der Waals surface area contributed by atoms with Gasteiger partial charge in [0, 0.05) is 24.3 Å². The van der Waals surface area contributed by atoms with E-state index in [1.165, 1.54) is 22.7 Å². The lowest BCUT2D eigenvalue weighted by molar-refractivity contribution is 0.0929. The van der Waals surface area contributed by atoms with Gasteiger partial charge in [0.15, 0.2) is 0 Å². The Morgan fingerprint density at radius 2 is 1.26 bits per heavy atom. The van der Waals surface area contributed by atoms with E-state index in [9.17, 15) is 14.4 Å². The smallest absolute Gasteiger partial charge is 0.265 e. The number of carbonyl (C=O) groups excluding carboxylic acids is 3. The summed E-state index contributed by atoms with van der Waals surface area (Å²) in [5, 5.41) is 11.9. The van der Waals surface area contributed by atoms with Crippen LogP contribution in [0.15, 0.2) is 59.3 Å². The maximum atomic E-state index is 12.1. The van der Waals surface area contributed by atoms with E-state index in [-0.39, 0.29) is 17.7 Å². The van der Waals surface area contributed by atoms with Crippen LogP contribution in [-0.4, -0.2) is 30.8 Å². The molecule has 3 aromatic rings. The van der Waals surface area contributed by atoms with E-state index in [1.807, 2.05) is 22.9 Å². The van der Waals surface area contributed by atoms with Crippen molar-refractivity contribution in [3.63, 3.8) is 0 Å². The topological polar surface area (TPSA) is 87.3 Å². The van der Waals surface area contributed by atoms with E-state index in [4.69, 9.17) is 0 Å². The molecule has 0 atom stereocenters.